The minimum Gasteiger partial charge on any atom is -0.507 e. The van der Waals surface area contributed by atoms with Gasteiger partial charge in [-0.2, -0.15) is 0 Å². The van der Waals surface area contributed by atoms with Crippen molar-refractivity contribution in [2.45, 2.75) is 45.6 Å². The average molecular weight is 554 g/mol. The summed E-state index contributed by atoms with van der Waals surface area (Å²) in [5.41, 5.74) is 3.86. The number of hydrogen-bond donors (Lipinski definition) is 3. The number of benzene rings is 2. The van der Waals surface area contributed by atoms with Crippen molar-refractivity contribution in [2.75, 3.05) is 11.5 Å². The molecule has 4 atom stereocenters. The zero-order valence-electron chi connectivity index (χ0n) is 20.5. The molecule has 4 rings (SSSR count). The number of carbonyl (C=O) groups excluding carboxylic acids is 2. The first kappa shape index (κ1) is 26.3. The van der Waals surface area contributed by atoms with Crippen molar-refractivity contribution < 1.29 is 24.9 Å². The molecule has 0 aromatic heterocycles. The van der Waals surface area contributed by atoms with Crippen molar-refractivity contribution in [3.8, 4) is 5.75 Å². The van der Waals surface area contributed by atoms with Gasteiger partial charge < -0.3 is 15.3 Å². The highest BCUT2D eigenvalue weighted by Crippen LogP contribution is 2.47. The number of carbonyl (C=O) groups is 2. The van der Waals surface area contributed by atoms with Crippen LogP contribution in [0.3, 0.4) is 0 Å². The maximum Gasteiger partial charge on any atom is 0.238 e. The molecule has 1 aliphatic carbocycles. The molecule has 0 radical (unpaired) electrons. The molecular formula is C29H32BrNO5. The summed E-state index contributed by atoms with van der Waals surface area (Å²) in [5.74, 6) is -2.17. The molecule has 0 unspecified atom stereocenters. The van der Waals surface area contributed by atoms with Crippen LogP contribution >= 0.6 is 15.9 Å². The summed E-state index contributed by atoms with van der Waals surface area (Å²) < 4.78 is 0.861. The van der Waals surface area contributed by atoms with Gasteiger partial charge >= 0.3 is 0 Å². The molecule has 2 aromatic carbocycles. The summed E-state index contributed by atoms with van der Waals surface area (Å²) in [6.07, 6.45) is 3.08. The number of imide groups is 1. The zero-order chi connectivity index (χ0) is 26.0. The number of phenolic OH excluding ortho intramolecular Hbond substituents is 1. The Kier molecular flexibility index (Phi) is 8.13. The number of para-hydroxylation sites is 1. The van der Waals surface area contributed by atoms with Gasteiger partial charge in [0.15, 0.2) is 0 Å². The predicted octanol–water partition coefficient (Wildman–Crippen LogP) is 5.22. The van der Waals surface area contributed by atoms with Gasteiger partial charge in [0.25, 0.3) is 0 Å². The Bertz CT molecular complexity index is 1210. The predicted molar refractivity (Wildman–Crippen MR) is 143 cm³/mol. The van der Waals surface area contributed by atoms with Gasteiger partial charge in [0.2, 0.25) is 11.8 Å². The van der Waals surface area contributed by atoms with Gasteiger partial charge in [0, 0.05) is 16.0 Å². The van der Waals surface area contributed by atoms with Gasteiger partial charge in [0.05, 0.1) is 30.2 Å². The summed E-state index contributed by atoms with van der Waals surface area (Å²) in [4.78, 5) is 28.0. The van der Waals surface area contributed by atoms with Gasteiger partial charge in [-0.3, -0.25) is 14.5 Å². The van der Waals surface area contributed by atoms with E-state index in [1.807, 2.05) is 32.1 Å². The van der Waals surface area contributed by atoms with Crippen LogP contribution in [0.4, 0.5) is 5.69 Å². The number of halogens is 1. The maximum atomic E-state index is 13.5. The van der Waals surface area contributed by atoms with E-state index in [1.54, 1.807) is 36.4 Å². The van der Waals surface area contributed by atoms with Crippen LogP contribution in [0.15, 0.2) is 69.7 Å². The van der Waals surface area contributed by atoms with Crippen LogP contribution < -0.4 is 4.90 Å². The number of hydrogen-bond acceptors (Lipinski definition) is 5. The summed E-state index contributed by atoms with van der Waals surface area (Å²) >= 11 is 3.41. The molecule has 2 aliphatic rings. The Balaban J connectivity index is 1.56. The van der Waals surface area contributed by atoms with E-state index < -0.39 is 23.9 Å². The monoisotopic (exact) mass is 553 g/mol. The van der Waals surface area contributed by atoms with Crippen molar-refractivity contribution in [3.63, 3.8) is 0 Å². The molecule has 1 heterocycles. The van der Waals surface area contributed by atoms with Crippen LogP contribution in [0, 0.1) is 17.8 Å². The number of phenols is 1. The molecule has 36 heavy (non-hydrogen) atoms. The fourth-order valence-electron chi connectivity index (χ4n) is 5.63. The number of nitrogens with zero attached hydrogens (tertiary/aromatic N) is 1. The minimum atomic E-state index is -0.841. The second-order valence-corrected chi connectivity index (χ2v) is 10.5. The molecule has 2 amide bonds. The molecule has 1 aliphatic heterocycles. The number of allylic oxidation sites excluding steroid dienone is 2. The highest BCUT2D eigenvalue weighted by molar-refractivity contribution is 9.10. The number of rotatable bonds is 8. The van der Waals surface area contributed by atoms with E-state index >= 15 is 0 Å². The van der Waals surface area contributed by atoms with Crippen LogP contribution in [0.25, 0.3) is 6.08 Å². The third-order valence-electron chi connectivity index (χ3n) is 7.38. The van der Waals surface area contributed by atoms with Crippen molar-refractivity contribution in [3.05, 3.63) is 75.3 Å². The molecule has 1 saturated heterocycles. The smallest absolute Gasteiger partial charge is 0.238 e. The Morgan fingerprint density at radius 3 is 2.56 bits per heavy atom. The highest BCUT2D eigenvalue weighted by Gasteiger charge is 2.55. The normalized spacial score (nSPS) is 23.3. The Morgan fingerprint density at radius 2 is 1.89 bits per heavy atom. The van der Waals surface area contributed by atoms with Crippen LogP contribution in [0.1, 0.15) is 45.1 Å². The molecular weight excluding hydrogens is 522 g/mol. The highest BCUT2D eigenvalue weighted by atomic mass is 79.9. The summed E-state index contributed by atoms with van der Waals surface area (Å²) in [6, 6.07) is 14.1. The van der Waals surface area contributed by atoms with Crippen molar-refractivity contribution in [2.24, 2.45) is 17.8 Å². The van der Waals surface area contributed by atoms with E-state index in [1.165, 1.54) is 4.90 Å². The molecule has 6 nitrogen and oxygen atoms in total. The molecule has 1 fully saturated rings. The lowest BCUT2D eigenvalue weighted by molar-refractivity contribution is -0.123. The van der Waals surface area contributed by atoms with E-state index in [0.717, 1.165) is 15.6 Å². The van der Waals surface area contributed by atoms with Gasteiger partial charge in [-0.05, 0) is 68.5 Å². The second-order valence-electron chi connectivity index (χ2n) is 9.63. The lowest BCUT2D eigenvalue weighted by atomic mass is 9.67. The SMILES string of the molecule is CCC1=C([C@H](O)CC/C(C)=C/c2cc(Br)ccc2O)[C@H](CO)[C@@H]2C(=O)N(c3ccccc3)C(=O)[C@@H]2C1. The average Bonchev–Trinajstić information content (AvgIpc) is 3.13. The van der Waals surface area contributed by atoms with Gasteiger partial charge in [-0.1, -0.05) is 58.3 Å². The summed E-state index contributed by atoms with van der Waals surface area (Å²) in [6.45, 7) is 3.62. The molecule has 0 bridgehead atoms. The number of amides is 2. The lowest BCUT2D eigenvalue weighted by Gasteiger charge is -2.36. The molecule has 7 heteroatoms. The fourth-order valence-corrected chi connectivity index (χ4v) is 6.01. The number of anilines is 1. The largest absolute Gasteiger partial charge is 0.507 e. The van der Waals surface area contributed by atoms with Crippen molar-refractivity contribution >= 4 is 39.5 Å². The number of aromatic hydroxyl groups is 1. The molecule has 2 aromatic rings. The van der Waals surface area contributed by atoms with Crippen LogP contribution in [-0.4, -0.2) is 39.8 Å². The summed E-state index contributed by atoms with van der Waals surface area (Å²) in [7, 11) is 0. The third-order valence-corrected chi connectivity index (χ3v) is 7.88. The van der Waals surface area contributed by atoms with E-state index in [2.05, 4.69) is 15.9 Å². The van der Waals surface area contributed by atoms with Crippen LogP contribution in [0.5, 0.6) is 5.75 Å². The number of fused-ring (bicyclic) bond motifs is 1. The lowest BCUT2D eigenvalue weighted by Crippen LogP contribution is -2.39. The topological polar surface area (TPSA) is 98.1 Å². The Morgan fingerprint density at radius 1 is 1.17 bits per heavy atom. The van der Waals surface area contributed by atoms with E-state index in [0.29, 0.717) is 42.5 Å². The first-order valence-corrected chi connectivity index (χ1v) is 13.1. The maximum absolute atomic E-state index is 13.5. The Hall–Kier alpha value is -2.74. The quantitative estimate of drug-likeness (QED) is 0.307. The first-order chi connectivity index (χ1) is 17.3. The van der Waals surface area contributed by atoms with Crippen molar-refractivity contribution in [1.29, 1.82) is 0 Å². The van der Waals surface area contributed by atoms with E-state index in [4.69, 9.17) is 0 Å². The summed E-state index contributed by atoms with van der Waals surface area (Å²) in [5, 5.41) is 31.8. The molecule has 190 valence electrons. The first-order valence-electron chi connectivity index (χ1n) is 12.4. The fraction of sp³-hybridized carbons (Fsp3) is 0.379. The molecule has 0 spiro atoms. The zero-order valence-corrected chi connectivity index (χ0v) is 22.1. The standard InChI is InChI=1S/C29H32BrNO5/c1-3-18-15-22-27(29(36)31(28(22)35)21-7-5-4-6-8-21)23(16-32)26(18)25(34)11-9-17(2)13-19-14-20(30)10-12-24(19)33/h4-8,10,12-14,22-23,25,27,32-34H,3,9,11,15-16H2,1-2H3/b17-13+/t22-,23+,25-,27-/m1/s1. The molecule has 0 saturated carbocycles. The molecule has 3 N–H and O–H groups in total. The van der Waals surface area contributed by atoms with Gasteiger partial charge in [-0.15, -0.1) is 0 Å². The van der Waals surface area contributed by atoms with E-state index in [9.17, 15) is 24.9 Å². The number of aliphatic hydroxyl groups is 2. The van der Waals surface area contributed by atoms with E-state index in [-0.39, 0.29) is 24.2 Å². The van der Waals surface area contributed by atoms with Crippen LogP contribution in [0.2, 0.25) is 0 Å². The third kappa shape index (κ3) is 5.05. The van der Waals surface area contributed by atoms with Crippen LogP contribution in [-0.2, 0) is 9.59 Å². The Labute approximate surface area is 220 Å². The van der Waals surface area contributed by atoms with Gasteiger partial charge in [-0.25, -0.2) is 0 Å². The number of aliphatic hydroxyl groups excluding tert-OH is 2. The van der Waals surface area contributed by atoms with Gasteiger partial charge in [0.1, 0.15) is 5.75 Å². The van der Waals surface area contributed by atoms with Crippen molar-refractivity contribution in [1.82, 2.24) is 0 Å². The second kappa shape index (κ2) is 11.1. The minimum absolute atomic E-state index is 0.181.